The van der Waals surface area contributed by atoms with Crippen LogP contribution in [0.1, 0.15) is 41.4 Å². The normalized spacial score (nSPS) is 18.8. The number of rotatable bonds is 3. The second-order valence-corrected chi connectivity index (χ2v) is 6.00. The lowest BCUT2D eigenvalue weighted by Gasteiger charge is -2.27. The fraction of sp³-hybridized carbons (Fsp3) is 0.200. The first-order valence-electron chi connectivity index (χ1n) is 8.20. The predicted octanol–water partition coefficient (Wildman–Crippen LogP) is 3.41. The van der Waals surface area contributed by atoms with Crippen molar-refractivity contribution in [2.45, 2.75) is 19.8 Å². The third kappa shape index (κ3) is 2.23. The van der Waals surface area contributed by atoms with E-state index in [0.717, 1.165) is 11.3 Å². The Bertz CT molecular complexity index is 934. The van der Waals surface area contributed by atoms with E-state index < -0.39 is 11.9 Å². The highest BCUT2D eigenvalue weighted by molar-refractivity contribution is 6.23. The molecule has 1 aromatic carbocycles. The van der Waals surface area contributed by atoms with Gasteiger partial charge < -0.3 is 14.5 Å². The first-order chi connectivity index (χ1) is 12.1. The number of hydrogen-bond acceptors (Lipinski definition) is 5. The molecule has 1 atom stereocenters. The zero-order valence-corrected chi connectivity index (χ0v) is 14.0. The quantitative estimate of drug-likeness (QED) is 0.871. The molecule has 0 unspecified atom stereocenters. The summed E-state index contributed by atoms with van der Waals surface area (Å²) in [6.45, 7) is 3.84. The van der Waals surface area contributed by atoms with Crippen molar-refractivity contribution in [2.24, 2.45) is 0 Å². The number of dihydropyridines is 1. The minimum absolute atomic E-state index is 0.0891. The summed E-state index contributed by atoms with van der Waals surface area (Å²) in [4.78, 5) is 25.6. The lowest BCUT2D eigenvalue weighted by Crippen LogP contribution is -2.29. The summed E-state index contributed by atoms with van der Waals surface area (Å²) in [6.07, 6.45) is 1.54. The van der Waals surface area contributed by atoms with Crippen LogP contribution >= 0.6 is 0 Å². The molecule has 1 aliphatic heterocycles. The Hall–Kier alpha value is -3.08. The van der Waals surface area contributed by atoms with Crippen LogP contribution in [0, 0.1) is 0 Å². The van der Waals surface area contributed by atoms with E-state index in [1.807, 2.05) is 25.1 Å². The molecule has 0 radical (unpaired) electrons. The van der Waals surface area contributed by atoms with Crippen molar-refractivity contribution in [3.05, 3.63) is 76.4 Å². The van der Waals surface area contributed by atoms with E-state index in [1.54, 1.807) is 31.4 Å². The number of ether oxygens (including phenoxy) is 1. The molecule has 0 saturated carbocycles. The van der Waals surface area contributed by atoms with Crippen LogP contribution in [0.4, 0.5) is 0 Å². The fourth-order valence-corrected chi connectivity index (χ4v) is 3.55. The molecule has 126 valence electrons. The molecule has 5 heteroatoms. The number of ketones is 1. The standard InChI is InChI=1S/C20H17NO4/c1-3-24-20(23)15-11(2)21-18-12-7-4-5-8-13(12)19(22)17(18)16(15)14-9-6-10-25-14/h4-10,16,21H,3H2,1-2H3/t16-/m1/s1. The monoisotopic (exact) mass is 335 g/mol. The zero-order chi connectivity index (χ0) is 17.6. The summed E-state index contributed by atoms with van der Waals surface area (Å²) in [5.41, 5.74) is 3.84. The van der Waals surface area contributed by atoms with E-state index in [-0.39, 0.29) is 12.4 Å². The minimum Gasteiger partial charge on any atom is -0.468 e. The van der Waals surface area contributed by atoms with Gasteiger partial charge in [0, 0.05) is 22.4 Å². The fourth-order valence-electron chi connectivity index (χ4n) is 3.55. The van der Waals surface area contributed by atoms with E-state index in [4.69, 9.17) is 9.15 Å². The van der Waals surface area contributed by atoms with Gasteiger partial charge >= 0.3 is 5.97 Å². The van der Waals surface area contributed by atoms with Gasteiger partial charge in [-0.1, -0.05) is 24.3 Å². The van der Waals surface area contributed by atoms with Crippen LogP contribution in [0.5, 0.6) is 0 Å². The molecule has 0 saturated heterocycles. The largest absolute Gasteiger partial charge is 0.468 e. The first-order valence-corrected chi connectivity index (χ1v) is 8.20. The van der Waals surface area contributed by atoms with Gasteiger partial charge in [0.15, 0.2) is 5.78 Å². The van der Waals surface area contributed by atoms with E-state index in [0.29, 0.717) is 28.2 Å². The van der Waals surface area contributed by atoms with Crippen molar-refractivity contribution in [3.63, 3.8) is 0 Å². The van der Waals surface area contributed by atoms with Crippen molar-refractivity contribution in [3.8, 4) is 0 Å². The highest BCUT2D eigenvalue weighted by Crippen LogP contribution is 2.46. The molecular formula is C20H17NO4. The number of Topliss-reactive ketones (excluding diaryl/α,β-unsaturated/α-hetero) is 1. The van der Waals surface area contributed by atoms with Gasteiger partial charge in [-0.25, -0.2) is 4.79 Å². The summed E-state index contributed by atoms with van der Waals surface area (Å²) < 4.78 is 10.8. The second kappa shape index (κ2) is 5.77. The Morgan fingerprint density at radius 1 is 1.20 bits per heavy atom. The Morgan fingerprint density at radius 3 is 2.64 bits per heavy atom. The Morgan fingerprint density at radius 2 is 1.96 bits per heavy atom. The number of allylic oxidation sites excluding steroid dienone is 2. The molecule has 5 nitrogen and oxygen atoms in total. The molecule has 0 fully saturated rings. The second-order valence-electron chi connectivity index (χ2n) is 6.00. The van der Waals surface area contributed by atoms with Crippen LogP contribution in [-0.2, 0) is 9.53 Å². The van der Waals surface area contributed by atoms with Gasteiger partial charge in [-0.15, -0.1) is 0 Å². The van der Waals surface area contributed by atoms with Crippen molar-refractivity contribution in [2.75, 3.05) is 6.61 Å². The number of fused-ring (bicyclic) bond motifs is 2. The molecule has 4 rings (SSSR count). The van der Waals surface area contributed by atoms with Gasteiger partial charge in [0.2, 0.25) is 0 Å². The molecule has 2 aliphatic rings. The van der Waals surface area contributed by atoms with Crippen LogP contribution in [0.2, 0.25) is 0 Å². The lowest BCUT2D eigenvalue weighted by atomic mass is 9.83. The SMILES string of the molecule is CCOC(=O)C1=C(C)NC2=C(C(=O)c3ccccc32)[C@@H]1c1ccco1. The van der Waals surface area contributed by atoms with Gasteiger partial charge in [-0.2, -0.15) is 0 Å². The zero-order valence-electron chi connectivity index (χ0n) is 14.0. The number of hydrogen-bond donors (Lipinski definition) is 1. The van der Waals surface area contributed by atoms with Crippen LogP contribution in [0.25, 0.3) is 5.70 Å². The third-order valence-electron chi connectivity index (χ3n) is 4.57. The molecular weight excluding hydrogens is 318 g/mol. The van der Waals surface area contributed by atoms with E-state index in [1.165, 1.54) is 0 Å². The number of benzene rings is 1. The third-order valence-corrected chi connectivity index (χ3v) is 4.57. The summed E-state index contributed by atoms with van der Waals surface area (Å²) in [6, 6.07) is 11.0. The van der Waals surface area contributed by atoms with Gasteiger partial charge in [0.05, 0.1) is 30.1 Å². The van der Waals surface area contributed by atoms with Crippen LogP contribution in [0.3, 0.4) is 0 Å². The summed E-state index contributed by atoms with van der Waals surface area (Å²) in [5, 5.41) is 3.24. The molecule has 1 aliphatic carbocycles. The molecule has 0 bridgehead atoms. The van der Waals surface area contributed by atoms with Crippen molar-refractivity contribution >= 4 is 17.4 Å². The van der Waals surface area contributed by atoms with Crippen molar-refractivity contribution in [1.82, 2.24) is 5.32 Å². The van der Waals surface area contributed by atoms with Gasteiger partial charge in [-0.05, 0) is 26.0 Å². The maximum atomic E-state index is 13.1. The van der Waals surface area contributed by atoms with Crippen LogP contribution in [-0.4, -0.2) is 18.4 Å². The van der Waals surface area contributed by atoms with E-state index in [9.17, 15) is 9.59 Å². The number of esters is 1. The van der Waals surface area contributed by atoms with Crippen molar-refractivity contribution in [1.29, 1.82) is 0 Å². The van der Waals surface area contributed by atoms with E-state index >= 15 is 0 Å². The predicted molar refractivity (Wildman–Crippen MR) is 91.6 cm³/mol. The molecule has 1 aromatic heterocycles. The average molecular weight is 335 g/mol. The summed E-state index contributed by atoms with van der Waals surface area (Å²) >= 11 is 0. The highest BCUT2D eigenvalue weighted by atomic mass is 16.5. The lowest BCUT2D eigenvalue weighted by molar-refractivity contribution is -0.138. The molecule has 2 heterocycles. The average Bonchev–Trinajstić information content (AvgIpc) is 3.22. The van der Waals surface area contributed by atoms with Gasteiger partial charge in [-0.3, -0.25) is 4.79 Å². The maximum Gasteiger partial charge on any atom is 0.336 e. The van der Waals surface area contributed by atoms with Gasteiger partial charge in [0.25, 0.3) is 0 Å². The molecule has 25 heavy (non-hydrogen) atoms. The van der Waals surface area contributed by atoms with Crippen LogP contribution < -0.4 is 5.32 Å². The topological polar surface area (TPSA) is 68.5 Å². The number of carbonyl (C=O) groups excluding carboxylic acids is 2. The molecule has 2 aromatic rings. The Balaban J connectivity index is 1.91. The van der Waals surface area contributed by atoms with Crippen molar-refractivity contribution < 1.29 is 18.7 Å². The summed E-state index contributed by atoms with van der Waals surface area (Å²) in [7, 11) is 0. The Labute approximate surface area is 145 Å². The highest BCUT2D eigenvalue weighted by Gasteiger charge is 2.43. The smallest absolute Gasteiger partial charge is 0.336 e. The molecule has 0 amide bonds. The van der Waals surface area contributed by atoms with E-state index in [2.05, 4.69) is 5.32 Å². The minimum atomic E-state index is -0.579. The molecule has 0 spiro atoms. The van der Waals surface area contributed by atoms with Gasteiger partial charge in [0.1, 0.15) is 5.76 Å². The first kappa shape index (κ1) is 15.4. The Kier molecular flexibility index (Phi) is 3.57. The summed E-state index contributed by atoms with van der Waals surface area (Å²) in [5.74, 6) is -0.555. The molecule has 1 N–H and O–H groups in total. The van der Waals surface area contributed by atoms with Crippen LogP contribution in [0.15, 0.2) is 63.9 Å². The number of carbonyl (C=O) groups is 2. The maximum absolute atomic E-state index is 13.1. The number of nitrogens with one attached hydrogen (secondary N) is 1. The number of furan rings is 1.